The molecule has 5 N–H and O–H groups in total. The normalized spacial score (nSPS) is 15.8. The van der Waals surface area contributed by atoms with Crippen molar-refractivity contribution in [2.24, 2.45) is 5.73 Å². The lowest BCUT2D eigenvalue weighted by Crippen LogP contribution is -2.42. The first-order valence-corrected chi connectivity index (χ1v) is 12.0. The zero-order valence-electron chi connectivity index (χ0n) is 19.8. The highest BCUT2D eigenvalue weighted by Gasteiger charge is 2.24. The summed E-state index contributed by atoms with van der Waals surface area (Å²) in [5.74, 6) is -2.43. The van der Waals surface area contributed by atoms with Crippen molar-refractivity contribution in [1.82, 2.24) is 19.8 Å². The van der Waals surface area contributed by atoms with Gasteiger partial charge in [-0.3, -0.25) is 23.9 Å². The highest BCUT2D eigenvalue weighted by atomic mass is 35.5. The van der Waals surface area contributed by atoms with Crippen molar-refractivity contribution in [3.8, 4) is 5.69 Å². The minimum absolute atomic E-state index is 0.0129. The Labute approximate surface area is 217 Å². The summed E-state index contributed by atoms with van der Waals surface area (Å²) in [4.78, 5) is 43.5. The molecule has 0 radical (unpaired) electrons. The second-order valence-corrected chi connectivity index (χ2v) is 9.06. The van der Waals surface area contributed by atoms with E-state index in [1.54, 1.807) is 24.3 Å². The van der Waals surface area contributed by atoms with E-state index in [2.05, 4.69) is 20.5 Å². The molecule has 1 aliphatic rings. The van der Waals surface area contributed by atoms with E-state index < -0.39 is 23.5 Å². The maximum absolute atomic E-state index is 13.3. The zero-order valence-corrected chi connectivity index (χ0v) is 20.5. The van der Waals surface area contributed by atoms with Gasteiger partial charge >= 0.3 is 0 Å². The lowest BCUT2D eigenvalue weighted by molar-refractivity contribution is 0.0701. The summed E-state index contributed by atoms with van der Waals surface area (Å²) in [5.41, 5.74) is 6.31. The number of hydrogen-bond acceptors (Lipinski definition) is 6. The van der Waals surface area contributed by atoms with Crippen molar-refractivity contribution < 1.29 is 23.9 Å². The van der Waals surface area contributed by atoms with E-state index in [9.17, 15) is 23.9 Å². The average molecular weight is 529 g/mol. The molecule has 194 valence electrons. The molecule has 0 bridgehead atoms. The van der Waals surface area contributed by atoms with Crippen LogP contribution in [0.4, 0.5) is 10.1 Å². The fraction of sp³-hybridized carbons (Fsp3) is 0.280. The van der Waals surface area contributed by atoms with Crippen molar-refractivity contribution in [3.63, 3.8) is 0 Å². The highest BCUT2D eigenvalue weighted by Crippen LogP contribution is 2.21. The fourth-order valence-electron chi connectivity index (χ4n) is 4.16. The molecular formula is C25H26ClFN6O4. The first-order chi connectivity index (χ1) is 17.7. The average Bonchev–Trinajstić information content (AvgIpc) is 3.30. The Kier molecular flexibility index (Phi) is 8.17. The Morgan fingerprint density at radius 3 is 2.59 bits per heavy atom. The van der Waals surface area contributed by atoms with Crippen molar-refractivity contribution >= 4 is 35.0 Å². The lowest BCUT2D eigenvalue weighted by Gasteiger charge is -2.29. The van der Waals surface area contributed by atoms with Crippen LogP contribution in [0, 0.1) is 5.82 Å². The molecule has 3 amide bonds. The third-order valence-corrected chi connectivity index (χ3v) is 6.30. The SMILES string of the molecule is NC(=O)c1ncn(-c2ccc(NC(=O)c3ccc(F)cc3Cl)cc2)c1C(=O)NCCN1CCCC(O)C1. The van der Waals surface area contributed by atoms with Crippen molar-refractivity contribution in [1.29, 1.82) is 0 Å². The molecule has 1 saturated heterocycles. The van der Waals surface area contributed by atoms with Crippen LogP contribution < -0.4 is 16.4 Å². The highest BCUT2D eigenvalue weighted by molar-refractivity contribution is 6.34. The van der Waals surface area contributed by atoms with E-state index in [1.807, 2.05) is 0 Å². The third-order valence-electron chi connectivity index (χ3n) is 5.99. The summed E-state index contributed by atoms with van der Waals surface area (Å²) < 4.78 is 14.7. The van der Waals surface area contributed by atoms with Gasteiger partial charge in [0.25, 0.3) is 17.7 Å². The number of carbonyl (C=O) groups is 3. The number of rotatable bonds is 8. The van der Waals surface area contributed by atoms with Gasteiger partial charge in [-0.15, -0.1) is 0 Å². The molecule has 2 aromatic carbocycles. The molecular weight excluding hydrogens is 503 g/mol. The number of benzene rings is 2. The molecule has 1 aromatic heterocycles. The number of nitrogens with zero attached hydrogens (tertiary/aromatic N) is 3. The topological polar surface area (TPSA) is 143 Å². The number of nitrogens with one attached hydrogen (secondary N) is 2. The van der Waals surface area contributed by atoms with Crippen LogP contribution in [0.15, 0.2) is 48.8 Å². The van der Waals surface area contributed by atoms with E-state index in [0.29, 0.717) is 31.0 Å². The molecule has 0 aliphatic carbocycles. The summed E-state index contributed by atoms with van der Waals surface area (Å²) in [6.45, 7) is 2.26. The first kappa shape index (κ1) is 26.3. The van der Waals surface area contributed by atoms with Crippen LogP contribution in [-0.4, -0.2) is 69.6 Å². The molecule has 0 saturated carbocycles. The van der Waals surface area contributed by atoms with Gasteiger partial charge in [0.2, 0.25) is 0 Å². The van der Waals surface area contributed by atoms with Gasteiger partial charge < -0.3 is 21.5 Å². The van der Waals surface area contributed by atoms with E-state index >= 15 is 0 Å². The zero-order chi connectivity index (χ0) is 26.5. The second kappa shape index (κ2) is 11.5. The van der Waals surface area contributed by atoms with Crippen LogP contribution >= 0.6 is 11.6 Å². The third kappa shape index (κ3) is 6.31. The number of aliphatic hydroxyl groups is 1. The minimum Gasteiger partial charge on any atom is -0.392 e. The van der Waals surface area contributed by atoms with Crippen LogP contribution in [0.25, 0.3) is 5.69 Å². The summed E-state index contributed by atoms with van der Waals surface area (Å²) in [5, 5.41) is 15.3. The molecule has 2 heterocycles. The van der Waals surface area contributed by atoms with Crippen molar-refractivity contribution in [2.45, 2.75) is 18.9 Å². The quantitative estimate of drug-likeness (QED) is 0.353. The predicted octanol–water partition coefficient (Wildman–Crippen LogP) is 2.20. The summed E-state index contributed by atoms with van der Waals surface area (Å²) in [7, 11) is 0. The van der Waals surface area contributed by atoms with Crippen LogP contribution in [0.5, 0.6) is 0 Å². The Morgan fingerprint density at radius 2 is 1.92 bits per heavy atom. The van der Waals surface area contributed by atoms with Gasteiger partial charge in [0.1, 0.15) is 17.8 Å². The number of piperidine rings is 1. The number of hydrogen-bond donors (Lipinski definition) is 4. The summed E-state index contributed by atoms with van der Waals surface area (Å²) in [6.07, 6.45) is 2.61. The number of aliphatic hydroxyl groups excluding tert-OH is 1. The molecule has 12 heteroatoms. The van der Waals surface area contributed by atoms with Crippen LogP contribution in [0.3, 0.4) is 0 Å². The number of likely N-dealkylation sites (tertiary alicyclic amines) is 1. The number of aromatic nitrogens is 2. The van der Waals surface area contributed by atoms with Crippen molar-refractivity contribution in [2.75, 3.05) is 31.5 Å². The van der Waals surface area contributed by atoms with Gasteiger partial charge in [-0.05, 0) is 61.9 Å². The molecule has 1 atom stereocenters. The van der Waals surface area contributed by atoms with E-state index in [0.717, 1.165) is 31.5 Å². The number of halogens is 2. The minimum atomic E-state index is -0.844. The fourth-order valence-corrected chi connectivity index (χ4v) is 4.42. The molecule has 4 rings (SSSR count). The number of nitrogens with two attached hydrogens (primary N) is 1. The molecule has 3 aromatic rings. The maximum atomic E-state index is 13.3. The summed E-state index contributed by atoms with van der Waals surface area (Å²) in [6, 6.07) is 9.92. The molecule has 1 fully saturated rings. The molecule has 10 nitrogen and oxygen atoms in total. The maximum Gasteiger partial charge on any atom is 0.270 e. The number of primary amides is 1. The molecule has 1 unspecified atom stereocenters. The Bertz CT molecular complexity index is 1310. The smallest absolute Gasteiger partial charge is 0.270 e. The monoisotopic (exact) mass is 528 g/mol. The number of imidazole rings is 1. The van der Waals surface area contributed by atoms with Crippen LogP contribution in [0.1, 0.15) is 44.2 Å². The van der Waals surface area contributed by atoms with Gasteiger partial charge in [0, 0.05) is 31.0 Å². The largest absolute Gasteiger partial charge is 0.392 e. The molecule has 0 spiro atoms. The first-order valence-electron chi connectivity index (χ1n) is 11.7. The summed E-state index contributed by atoms with van der Waals surface area (Å²) >= 11 is 5.96. The van der Waals surface area contributed by atoms with E-state index in [-0.39, 0.29) is 28.1 Å². The van der Waals surface area contributed by atoms with Crippen LogP contribution in [0.2, 0.25) is 5.02 Å². The van der Waals surface area contributed by atoms with Gasteiger partial charge in [-0.1, -0.05) is 11.6 Å². The second-order valence-electron chi connectivity index (χ2n) is 8.65. The Balaban J connectivity index is 1.47. The van der Waals surface area contributed by atoms with Crippen LogP contribution in [-0.2, 0) is 0 Å². The van der Waals surface area contributed by atoms with Gasteiger partial charge in [-0.2, -0.15) is 0 Å². The van der Waals surface area contributed by atoms with Gasteiger partial charge in [0.05, 0.1) is 16.7 Å². The Morgan fingerprint density at radius 1 is 1.16 bits per heavy atom. The van der Waals surface area contributed by atoms with Crippen molar-refractivity contribution in [3.05, 3.63) is 76.6 Å². The number of carbonyl (C=O) groups excluding carboxylic acids is 3. The number of anilines is 1. The van der Waals surface area contributed by atoms with Gasteiger partial charge in [0.15, 0.2) is 5.69 Å². The lowest BCUT2D eigenvalue weighted by atomic mass is 10.1. The standard InChI is InChI=1S/C25H26ClFN6O4/c26-20-12-15(27)3-8-19(20)24(36)31-16-4-6-17(7-5-16)33-14-30-21(23(28)35)22(33)25(37)29-9-11-32-10-1-2-18(34)13-32/h3-8,12,14,18,34H,1-2,9-11,13H2,(H2,28,35)(H,29,37)(H,31,36). The van der Waals surface area contributed by atoms with E-state index in [4.69, 9.17) is 17.3 Å². The molecule has 37 heavy (non-hydrogen) atoms. The molecule has 1 aliphatic heterocycles. The number of β-amino-alcohol motifs (C(OH)–C–C–N with tert-alkyl or cyclic N) is 1. The van der Waals surface area contributed by atoms with E-state index in [1.165, 1.54) is 17.0 Å². The van der Waals surface area contributed by atoms with Gasteiger partial charge in [-0.25, -0.2) is 9.37 Å². The predicted molar refractivity (Wildman–Crippen MR) is 135 cm³/mol. The number of amides is 3. The Hall–Kier alpha value is -3.80.